The molecular formula is C9H6ClN3O. The zero-order valence-electron chi connectivity index (χ0n) is 7.36. The van der Waals surface area contributed by atoms with Gasteiger partial charge in [-0.2, -0.15) is 4.99 Å². The number of aromatic nitrogens is 2. The standard InChI is InChI=1S/C9H6ClN3O/c1-6-12-9(10)8-7(11-5-14)3-2-4-13(6)8/h2-4H,1H3. The zero-order chi connectivity index (χ0) is 10.1. The van der Waals surface area contributed by atoms with Gasteiger partial charge in [-0.15, -0.1) is 0 Å². The number of pyridine rings is 1. The summed E-state index contributed by atoms with van der Waals surface area (Å²) in [4.78, 5) is 17.8. The van der Waals surface area contributed by atoms with Crippen LogP contribution in [0.25, 0.3) is 5.52 Å². The number of hydrogen-bond acceptors (Lipinski definition) is 3. The molecule has 0 amide bonds. The van der Waals surface area contributed by atoms with Gasteiger partial charge in [0.1, 0.15) is 17.0 Å². The van der Waals surface area contributed by atoms with Crippen LogP contribution < -0.4 is 0 Å². The molecule has 0 N–H and O–H groups in total. The van der Waals surface area contributed by atoms with Crippen molar-refractivity contribution in [2.75, 3.05) is 0 Å². The second-order valence-electron chi connectivity index (χ2n) is 2.76. The summed E-state index contributed by atoms with van der Waals surface area (Å²) >= 11 is 5.90. The van der Waals surface area contributed by atoms with Crippen LogP contribution in [0.4, 0.5) is 5.69 Å². The Bertz CT molecular complexity index is 540. The minimum Gasteiger partial charge on any atom is -0.301 e. The minimum absolute atomic E-state index is 0.345. The predicted molar refractivity (Wildman–Crippen MR) is 52.7 cm³/mol. The summed E-state index contributed by atoms with van der Waals surface area (Å²) in [5.74, 6) is 0.757. The molecule has 0 aromatic carbocycles. The maximum atomic E-state index is 10.2. The molecule has 0 aliphatic heterocycles. The Kier molecular flexibility index (Phi) is 2.08. The fraction of sp³-hybridized carbons (Fsp3) is 0.111. The molecule has 0 saturated carbocycles. The van der Waals surface area contributed by atoms with E-state index in [1.807, 2.05) is 13.1 Å². The van der Waals surface area contributed by atoms with E-state index in [0.717, 1.165) is 5.82 Å². The van der Waals surface area contributed by atoms with Gasteiger partial charge in [0.25, 0.3) is 0 Å². The SMILES string of the molecule is Cc1nc(Cl)c2c(N=C=O)cccn12. The first kappa shape index (κ1) is 8.94. The van der Waals surface area contributed by atoms with E-state index in [-0.39, 0.29) is 0 Å². The van der Waals surface area contributed by atoms with Crippen LogP contribution in [-0.4, -0.2) is 15.5 Å². The van der Waals surface area contributed by atoms with E-state index in [2.05, 4.69) is 9.98 Å². The highest BCUT2D eigenvalue weighted by Gasteiger charge is 2.09. The summed E-state index contributed by atoms with van der Waals surface area (Å²) in [6, 6.07) is 3.46. The van der Waals surface area contributed by atoms with Crippen LogP contribution in [0.5, 0.6) is 0 Å². The third-order valence-corrected chi connectivity index (χ3v) is 2.21. The van der Waals surface area contributed by atoms with Gasteiger partial charge in [0.15, 0.2) is 5.15 Å². The molecule has 0 spiro atoms. The van der Waals surface area contributed by atoms with Crippen molar-refractivity contribution in [3.05, 3.63) is 29.3 Å². The van der Waals surface area contributed by atoms with Crippen molar-refractivity contribution in [1.82, 2.24) is 9.38 Å². The summed E-state index contributed by atoms with van der Waals surface area (Å²) in [6.45, 7) is 1.83. The Morgan fingerprint density at radius 3 is 3.14 bits per heavy atom. The van der Waals surface area contributed by atoms with E-state index in [4.69, 9.17) is 11.6 Å². The normalized spacial score (nSPS) is 10.1. The Morgan fingerprint density at radius 2 is 2.43 bits per heavy atom. The van der Waals surface area contributed by atoms with Crippen molar-refractivity contribution in [3.63, 3.8) is 0 Å². The smallest absolute Gasteiger partial charge is 0.240 e. The lowest BCUT2D eigenvalue weighted by Gasteiger charge is -1.97. The van der Waals surface area contributed by atoms with E-state index in [0.29, 0.717) is 16.4 Å². The van der Waals surface area contributed by atoms with Gasteiger partial charge in [-0.1, -0.05) is 11.6 Å². The molecule has 70 valence electrons. The fourth-order valence-corrected chi connectivity index (χ4v) is 1.67. The number of nitrogens with zero attached hydrogens (tertiary/aromatic N) is 3. The molecule has 0 bridgehead atoms. The average molecular weight is 208 g/mol. The summed E-state index contributed by atoms with van der Waals surface area (Å²) in [7, 11) is 0. The van der Waals surface area contributed by atoms with Crippen molar-refractivity contribution in [3.8, 4) is 0 Å². The second-order valence-corrected chi connectivity index (χ2v) is 3.12. The quantitative estimate of drug-likeness (QED) is 0.532. The zero-order valence-corrected chi connectivity index (χ0v) is 8.12. The molecule has 2 rings (SSSR count). The lowest BCUT2D eigenvalue weighted by Crippen LogP contribution is -1.85. The molecule has 14 heavy (non-hydrogen) atoms. The number of carbonyl (C=O) groups excluding carboxylic acids is 1. The third-order valence-electron chi connectivity index (χ3n) is 1.94. The second kappa shape index (κ2) is 3.25. The number of hydrogen-bond donors (Lipinski definition) is 0. The Hall–Kier alpha value is -1.64. The summed E-state index contributed by atoms with van der Waals surface area (Å²) in [5, 5.41) is 0.345. The van der Waals surface area contributed by atoms with Gasteiger partial charge in [0.05, 0.1) is 0 Å². The third kappa shape index (κ3) is 1.21. The van der Waals surface area contributed by atoms with Crippen molar-refractivity contribution in [1.29, 1.82) is 0 Å². The van der Waals surface area contributed by atoms with E-state index in [1.54, 1.807) is 16.5 Å². The lowest BCUT2D eigenvalue weighted by atomic mass is 10.3. The number of aryl methyl sites for hydroxylation is 1. The van der Waals surface area contributed by atoms with Crippen molar-refractivity contribution in [2.45, 2.75) is 6.92 Å². The van der Waals surface area contributed by atoms with Crippen molar-refractivity contribution in [2.24, 2.45) is 4.99 Å². The first-order chi connectivity index (χ1) is 6.74. The molecule has 0 fully saturated rings. The monoisotopic (exact) mass is 207 g/mol. The van der Waals surface area contributed by atoms with E-state index >= 15 is 0 Å². The van der Waals surface area contributed by atoms with Crippen LogP contribution in [0.15, 0.2) is 23.3 Å². The number of imidazole rings is 1. The van der Waals surface area contributed by atoms with E-state index < -0.39 is 0 Å². The predicted octanol–water partition coefficient (Wildman–Crippen LogP) is 2.26. The molecule has 5 heteroatoms. The molecule has 0 atom stereocenters. The number of aliphatic imine (C=N–C) groups is 1. The van der Waals surface area contributed by atoms with E-state index in [9.17, 15) is 4.79 Å². The van der Waals surface area contributed by atoms with Gasteiger partial charge in [-0.25, -0.2) is 9.78 Å². The molecular weight excluding hydrogens is 202 g/mol. The largest absolute Gasteiger partial charge is 0.301 e. The molecule has 0 saturated heterocycles. The highest BCUT2D eigenvalue weighted by Crippen LogP contribution is 2.27. The van der Waals surface area contributed by atoms with Gasteiger partial charge < -0.3 is 4.40 Å². The average Bonchev–Trinajstić information content (AvgIpc) is 2.44. The number of fused-ring (bicyclic) bond motifs is 1. The van der Waals surface area contributed by atoms with Gasteiger partial charge in [-0.05, 0) is 19.1 Å². The topological polar surface area (TPSA) is 46.7 Å². The molecule has 0 aliphatic carbocycles. The summed E-state index contributed by atoms with van der Waals surface area (Å²) < 4.78 is 1.78. The van der Waals surface area contributed by atoms with Gasteiger partial charge >= 0.3 is 0 Å². The van der Waals surface area contributed by atoms with Crippen LogP contribution in [0.2, 0.25) is 5.15 Å². The highest BCUT2D eigenvalue weighted by molar-refractivity contribution is 6.33. The number of isocyanates is 1. The molecule has 0 radical (unpaired) electrons. The minimum atomic E-state index is 0.345. The molecule has 0 aliphatic rings. The molecule has 4 nitrogen and oxygen atoms in total. The fourth-order valence-electron chi connectivity index (χ4n) is 1.36. The number of rotatable bonds is 1. The van der Waals surface area contributed by atoms with Gasteiger partial charge in [-0.3, -0.25) is 0 Å². The molecule has 2 heterocycles. The number of halogens is 1. The van der Waals surface area contributed by atoms with Crippen LogP contribution >= 0.6 is 11.6 Å². The maximum Gasteiger partial charge on any atom is 0.240 e. The molecule has 0 unspecified atom stereocenters. The first-order valence-electron chi connectivity index (χ1n) is 3.95. The van der Waals surface area contributed by atoms with Crippen LogP contribution in [-0.2, 0) is 4.79 Å². The molecule has 2 aromatic heterocycles. The summed E-state index contributed by atoms with van der Waals surface area (Å²) in [5.41, 5.74) is 1.11. The summed E-state index contributed by atoms with van der Waals surface area (Å²) in [6.07, 6.45) is 3.30. The van der Waals surface area contributed by atoms with Gasteiger partial charge in [0, 0.05) is 6.20 Å². The van der Waals surface area contributed by atoms with Crippen molar-refractivity contribution >= 4 is 28.9 Å². The first-order valence-corrected chi connectivity index (χ1v) is 4.33. The Balaban J connectivity index is 2.91. The van der Waals surface area contributed by atoms with Crippen molar-refractivity contribution < 1.29 is 4.79 Å². The van der Waals surface area contributed by atoms with Crippen LogP contribution in [0.1, 0.15) is 5.82 Å². The lowest BCUT2D eigenvalue weighted by molar-refractivity contribution is 0.565. The van der Waals surface area contributed by atoms with Crippen LogP contribution in [0.3, 0.4) is 0 Å². The Morgan fingerprint density at radius 1 is 1.64 bits per heavy atom. The van der Waals surface area contributed by atoms with E-state index in [1.165, 1.54) is 6.08 Å². The van der Waals surface area contributed by atoms with Crippen LogP contribution in [0, 0.1) is 6.92 Å². The van der Waals surface area contributed by atoms with Gasteiger partial charge in [0.2, 0.25) is 6.08 Å². The Labute approximate surface area is 84.9 Å². The molecule has 2 aromatic rings. The highest BCUT2D eigenvalue weighted by atomic mass is 35.5. The maximum absolute atomic E-state index is 10.2.